The van der Waals surface area contributed by atoms with Crippen LogP contribution in [0.1, 0.15) is 25.5 Å². The van der Waals surface area contributed by atoms with Gasteiger partial charge in [0.25, 0.3) is 5.91 Å². The maximum Gasteiger partial charge on any atom is 0.321 e. The van der Waals surface area contributed by atoms with Crippen molar-refractivity contribution >= 4 is 28.3 Å². The first-order valence-electron chi connectivity index (χ1n) is 9.67. The lowest BCUT2D eigenvalue weighted by Gasteiger charge is -2.27. The van der Waals surface area contributed by atoms with Crippen molar-refractivity contribution in [3.05, 3.63) is 64.5 Å². The second-order valence-corrected chi connectivity index (χ2v) is 8.11. The van der Waals surface area contributed by atoms with Gasteiger partial charge in [0.15, 0.2) is 5.82 Å². The minimum Gasteiger partial charge on any atom is -0.484 e. The molecule has 12 heteroatoms. The number of nitrogens with zero attached hydrogens (tertiary/aromatic N) is 4. The van der Waals surface area contributed by atoms with Crippen LogP contribution in [-0.4, -0.2) is 37.8 Å². The van der Waals surface area contributed by atoms with E-state index in [4.69, 9.17) is 4.74 Å². The molecule has 1 N–H and O–H groups in total. The third-order valence-electron chi connectivity index (χ3n) is 4.74. The van der Waals surface area contributed by atoms with Gasteiger partial charge in [-0.25, -0.2) is 13.8 Å². The minimum absolute atomic E-state index is 0.0194. The first-order chi connectivity index (χ1) is 15.6. The average Bonchev–Trinajstić information content (AvgIpc) is 3.39. The summed E-state index contributed by atoms with van der Waals surface area (Å²) in [5.74, 6) is -6.12. The smallest absolute Gasteiger partial charge is 0.321 e. The fraction of sp³-hybridized carbons (Fsp3) is 0.238. The van der Waals surface area contributed by atoms with E-state index in [2.05, 4.69) is 20.6 Å². The number of thiazole rings is 1. The highest BCUT2D eigenvalue weighted by molar-refractivity contribution is 7.07. The van der Waals surface area contributed by atoms with E-state index in [1.54, 1.807) is 23.0 Å². The van der Waals surface area contributed by atoms with Crippen LogP contribution in [0.4, 0.5) is 17.6 Å². The highest BCUT2D eigenvalue weighted by atomic mass is 32.1. The number of carbonyl (C=O) groups excluding carboxylic acids is 1. The SMILES string of the molecule is C[C@H](NC(=O)C(C)(F)F)[C@H](Oc1ccc2c(c1)nnn2-c1cscn1)c1cc(F)cc(F)c1. The minimum atomic E-state index is -3.64. The Morgan fingerprint density at radius 3 is 2.55 bits per heavy atom. The molecule has 7 nitrogen and oxygen atoms in total. The molecule has 2 aromatic heterocycles. The van der Waals surface area contributed by atoms with Gasteiger partial charge >= 0.3 is 5.92 Å². The maximum absolute atomic E-state index is 13.9. The number of alkyl halides is 2. The van der Waals surface area contributed by atoms with Crippen LogP contribution in [0, 0.1) is 11.6 Å². The molecule has 0 aliphatic rings. The van der Waals surface area contributed by atoms with E-state index in [-0.39, 0.29) is 11.3 Å². The van der Waals surface area contributed by atoms with Crippen LogP contribution in [0.3, 0.4) is 0 Å². The number of nitrogens with one attached hydrogen (secondary N) is 1. The van der Waals surface area contributed by atoms with Gasteiger partial charge in [-0.2, -0.15) is 13.5 Å². The molecule has 0 aliphatic carbocycles. The largest absolute Gasteiger partial charge is 0.484 e. The van der Waals surface area contributed by atoms with Crippen LogP contribution in [-0.2, 0) is 4.79 Å². The van der Waals surface area contributed by atoms with E-state index in [1.807, 2.05) is 0 Å². The Bertz CT molecular complexity index is 1270. The van der Waals surface area contributed by atoms with Gasteiger partial charge in [0.05, 0.1) is 17.1 Å². The maximum atomic E-state index is 13.9. The van der Waals surface area contributed by atoms with Crippen molar-refractivity contribution < 1.29 is 27.1 Å². The zero-order chi connectivity index (χ0) is 23.8. The van der Waals surface area contributed by atoms with Gasteiger partial charge in [-0.1, -0.05) is 5.21 Å². The highest BCUT2D eigenvalue weighted by Crippen LogP contribution is 2.29. The summed E-state index contributed by atoms with van der Waals surface area (Å²) >= 11 is 1.39. The summed E-state index contributed by atoms with van der Waals surface area (Å²) in [5.41, 5.74) is 2.75. The first kappa shape index (κ1) is 22.6. The van der Waals surface area contributed by atoms with Gasteiger partial charge < -0.3 is 10.1 Å². The fourth-order valence-electron chi connectivity index (χ4n) is 3.21. The monoisotopic (exact) mass is 479 g/mol. The van der Waals surface area contributed by atoms with Crippen molar-refractivity contribution in [2.75, 3.05) is 0 Å². The summed E-state index contributed by atoms with van der Waals surface area (Å²) < 4.78 is 61.9. The van der Waals surface area contributed by atoms with Crippen molar-refractivity contribution in [3.63, 3.8) is 0 Å². The normalized spacial score (nSPS) is 13.6. The van der Waals surface area contributed by atoms with E-state index < -0.39 is 35.6 Å². The molecule has 4 rings (SSSR count). The molecule has 2 atom stereocenters. The van der Waals surface area contributed by atoms with E-state index >= 15 is 0 Å². The lowest BCUT2D eigenvalue weighted by molar-refractivity contribution is -0.144. The Labute approximate surface area is 189 Å². The Hall–Kier alpha value is -3.54. The number of amides is 1. The number of hydrogen-bond donors (Lipinski definition) is 1. The fourth-order valence-corrected chi connectivity index (χ4v) is 3.72. The first-order valence-corrected chi connectivity index (χ1v) is 10.6. The summed E-state index contributed by atoms with van der Waals surface area (Å²) in [6.07, 6.45) is -1.19. The Morgan fingerprint density at radius 2 is 1.91 bits per heavy atom. The second-order valence-electron chi connectivity index (χ2n) is 7.39. The molecular weight excluding hydrogens is 462 g/mol. The number of hydrogen-bond acceptors (Lipinski definition) is 6. The number of benzene rings is 2. The molecule has 0 aliphatic heterocycles. The van der Waals surface area contributed by atoms with E-state index in [0.29, 0.717) is 29.8 Å². The van der Waals surface area contributed by atoms with E-state index in [9.17, 15) is 22.4 Å². The molecule has 0 fully saturated rings. The number of fused-ring (bicyclic) bond motifs is 1. The van der Waals surface area contributed by atoms with Crippen LogP contribution < -0.4 is 10.1 Å². The second kappa shape index (κ2) is 8.77. The third-order valence-corrected chi connectivity index (χ3v) is 5.32. The summed E-state index contributed by atoms with van der Waals surface area (Å²) in [4.78, 5) is 16.0. The van der Waals surface area contributed by atoms with E-state index in [0.717, 1.165) is 12.1 Å². The summed E-state index contributed by atoms with van der Waals surface area (Å²) in [5, 5.41) is 12.1. The van der Waals surface area contributed by atoms with Crippen molar-refractivity contribution in [1.82, 2.24) is 25.3 Å². The van der Waals surface area contributed by atoms with Crippen molar-refractivity contribution in [2.24, 2.45) is 0 Å². The molecule has 4 aromatic rings. The molecule has 2 heterocycles. The van der Waals surface area contributed by atoms with Gasteiger partial charge in [0.2, 0.25) is 0 Å². The zero-order valence-corrected chi connectivity index (χ0v) is 18.1. The molecule has 0 bridgehead atoms. The molecule has 1 amide bonds. The highest BCUT2D eigenvalue weighted by Gasteiger charge is 2.35. The molecule has 0 saturated carbocycles. The van der Waals surface area contributed by atoms with Crippen LogP contribution in [0.15, 0.2) is 47.3 Å². The number of halogens is 4. The topological polar surface area (TPSA) is 81.9 Å². The molecule has 0 radical (unpaired) electrons. The number of carbonyl (C=O) groups is 1. The Balaban J connectivity index is 1.67. The van der Waals surface area contributed by atoms with Crippen molar-refractivity contribution in [2.45, 2.75) is 31.9 Å². The summed E-state index contributed by atoms with van der Waals surface area (Å²) in [6, 6.07) is 6.40. The molecular formula is C21H17F4N5O2S. The number of aromatic nitrogens is 4. The molecule has 2 aromatic carbocycles. The predicted octanol–water partition coefficient (Wildman–Crippen LogP) is 4.44. The van der Waals surface area contributed by atoms with Gasteiger partial charge in [-0.15, -0.1) is 16.4 Å². The molecule has 0 spiro atoms. The van der Waals surface area contributed by atoms with Crippen molar-refractivity contribution in [1.29, 1.82) is 0 Å². The van der Waals surface area contributed by atoms with E-state index in [1.165, 1.54) is 29.0 Å². The predicted molar refractivity (Wildman–Crippen MR) is 112 cm³/mol. The molecule has 0 saturated heterocycles. The number of rotatable bonds is 7. The Kier molecular flexibility index (Phi) is 6.02. The van der Waals surface area contributed by atoms with Gasteiger partial charge in [0, 0.05) is 30.0 Å². The molecule has 33 heavy (non-hydrogen) atoms. The summed E-state index contributed by atoms with van der Waals surface area (Å²) in [7, 11) is 0. The van der Waals surface area contributed by atoms with Gasteiger partial charge in [-0.05, 0) is 31.2 Å². The molecule has 172 valence electrons. The zero-order valence-electron chi connectivity index (χ0n) is 17.3. The molecule has 0 unspecified atom stereocenters. The van der Waals surface area contributed by atoms with Crippen LogP contribution in [0.5, 0.6) is 5.75 Å². The third kappa shape index (κ3) is 4.95. The van der Waals surface area contributed by atoms with Gasteiger partial charge in [0.1, 0.15) is 29.0 Å². The average molecular weight is 479 g/mol. The standard InChI is InChI=1S/C21H17F4N5O2S/c1-11(27-20(31)21(2,24)25)19(12-5-13(22)7-14(23)6-12)32-15-3-4-17-16(8-15)28-29-30(17)18-9-33-10-26-18/h3-11,19H,1-2H3,(H,27,31)/t11-,19-/m0/s1. The Morgan fingerprint density at radius 1 is 1.18 bits per heavy atom. The van der Waals surface area contributed by atoms with Crippen LogP contribution in [0.2, 0.25) is 0 Å². The summed E-state index contributed by atoms with van der Waals surface area (Å²) in [6.45, 7) is 1.85. The number of ether oxygens (including phenoxy) is 1. The van der Waals surface area contributed by atoms with Crippen LogP contribution >= 0.6 is 11.3 Å². The van der Waals surface area contributed by atoms with Crippen LogP contribution in [0.25, 0.3) is 16.9 Å². The van der Waals surface area contributed by atoms with Crippen molar-refractivity contribution in [3.8, 4) is 11.6 Å². The lowest BCUT2D eigenvalue weighted by Crippen LogP contribution is -2.46. The van der Waals surface area contributed by atoms with Gasteiger partial charge in [-0.3, -0.25) is 4.79 Å². The quantitative estimate of drug-likeness (QED) is 0.397. The lowest BCUT2D eigenvalue weighted by atomic mass is 10.0.